The third-order valence-corrected chi connectivity index (χ3v) is 7.34. The molecule has 35 heavy (non-hydrogen) atoms. The molecule has 178 valence electrons. The molecule has 5 rings (SSSR count). The highest BCUT2D eigenvalue weighted by Gasteiger charge is 2.23. The highest BCUT2D eigenvalue weighted by molar-refractivity contribution is 7.98. The Labute approximate surface area is 207 Å². The molecule has 0 N–H and O–H groups in total. The van der Waals surface area contributed by atoms with Crippen LogP contribution in [-0.2, 0) is 12.8 Å². The number of piperazine rings is 1. The number of benzene rings is 2. The number of aromatic nitrogens is 4. The monoisotopic (exact) mass is 486 g/mol. The molecular formula is C26H26N6O2S. The molecule has 2 aromatic heterocycles. The number of carbonyl (C=O) groups is 1. The predicted molar refractivity (Wildman–Crippen MR) is 138 cm³/mol. The Morgan fingerprint density at radius 2 is 1.69 bits per heavy atom. The van der Waals surface area contributed by atoms with Crippen molar-refractivity contribution in [3.8, 4) is 0 Å². The maximum absolute atomic E-state index is 13.0. The number of fused-ring (bicyclic) bond motifs is 1. The zero-order valence-electron chi connectivity index (χ0n) is 19.7. The molecule has 0 unspecified atom stereocenters. The van der Waals surface area contributed by atoms with Gasteiger partial charge in [0.15, 0.2) is 5.16 Å². The minimum Gasteiger partial charge on any atom is -0.337 e. The van der Waals surface area contributed by atoms with Gasteiger partial charge in [-0.25, -0.2) is 15.0 Å². The molecule has 1 saturated heterocycles. The van der Waals surface area contributed by atoms with Gasteiger partial charge in [0.25, 0.3) is 11.5 Å². The molecular weight excluding hydrogens is 460 g/mol. The lowest BCUT2D eigenvalue weighted by Gasteiger charge is -2.34. The first-order chi connectivity index (χ1) is 17.0. The van der Waals surface area contributed by atoms with Gasteiger partial charge in [-0.05, 0) is 42.3 Å². The van der Waals surface area contributed by atoms with E-state index in [-0.39, 0.29) is 11.5 Å². The summed E-state index contributed by atoms with van der Waals surface area (Å²) in [6.45, 7) is 4.62. The van der Waals surface area contributed by atoms with Gasteiger partial charge in [0.2, 0.25) is 5.95 Å². The summed E-state index contributed by atoms with van der Waals surface area (Å²) in [5, 5.41) is 1.34. The maximum Gasteiger partial charge on any atom is 0.262 e. The van der Waals surface area contributed by atoms with Gasteiger partial charge in [0, 0.05) is 56.9 Å². The number of aryl methyl sites for hydroxylation is 1. The van der Waals surface area contributed by atoms with Gasteiger partial charge in [0.1, 0.15) is 0 Å². The molecule has 1 fully saturated rings. The molecule has 1 aliphatic heterocycles. The average Bonchev–Trinajstić information content (AvgIpc) is 2.90. The minimum absolute atomic E-state index is 0.0320. The standard InChI is InChI=1S/C26H26N6O2S/c1-18-5-3-6-21-22(18)24(34)30(2)26(29-21)35-17-19-7-9-20(10-8-19)23(33)31-13-15-32(16-14-31)25-27-11-4-12-28-25/h3-12H,13-17H2,1-2H3. The number of hydrogen-bond donors (Lipinski definition) is 0. The first-order valence-electron chi connectivity index (χ1n) is 11.5. The lowest BCUT2D eigenvalue weighted by molar-refractivity contribution is 0.0746. The topological polar surface area (TPSA) is 84.2 Å². The van der Waals surface area contributed by atoms with Gasteiger partial charge in [-0.2, -0.15) is 0 Å². The van der Waals surface area contributed by atoms with Crippen molar-refractivity contribution in [3.63, 3.8) is 0 Å². The Morgan fingerprint density at radius 3 is 2.40 bits per heavy atom. The van der Waals surface area contributed by atoms with Gasteiger partial charge >= 0.3 is 0 Å². The van der Waals surface area contributed by atoms with E-state index in [0.717, 1.165) is 16.6 Å². The van der Waals surface area contributed by atoms with Gasteiger partial charge in [-0.3, -0.25) is 14.2 Å². The summed E-state index contributed by atoms with van der Waals surface area (Å²) in [5.41, 5.74) is 3.36. The van der Waals surface area contributed by atoms with Gasteiger partial charge in [-0.15, -0.1) is 0 Å². The van der Waals surface area contributed by atoms with E-state index >= 15 is 0 Å². The highest BCUT2D eigenvalue weighted by atomic mass is 32.2. The molecule has 1 amide bonds. The molecule has 4 aromatic rings. The second-order valence-corrected chi connectivity index (χ2v) is 9.48. The van der Waals surface area contributed by atoms with Crippen molar-refractivity contribution in [1.82, 2.24) is 24.4 Å². The van der Waals surface area contributed by atoms with Crippen LogP contribution >= 0.6 is 11.8 Å². The van der Waals surface area contributed by atoms with Gasteiger partial charge in [-0.1, -0.05) is 36.0 Å². The molecule has 0 saturated carbocycles. The fraction of sp³-hybridized carbons (Fsp3) is 0.269. The highest BCUT2D eigenvalue weighted by Crippen LogP contribution is 2.23. The van der Waals surface area contributed by atoms with E-state index in [0.29, 0.717) is 54.0 Å². The zero-order chi connectivity index (χ0) is 24.4. The fourth-order valence-electron chi connectivity index (χ4n) is 4.22. The van der Waals surface area contributed by atoms with E-state index in [2.05, 4.69) is 14.9 Å². The quantitative estimate of drug-likeness (QED) is 0.316. The average molecular weight is 487 g/mol. The van der Waals surface area contributed by atoms with Crippen LogP contribution in [0.4, 0.5) is 5.95 Å². The van der Waals surface area contributed by atoms with Crippen molar-refractivity contribution in [1.29, 1.82) is 0 Å². The van der Waals surface area contributed by atoms with Crippen LogP contribution in [0.25, 0.3) is 10.9 Å². The number of amides is 1. The largest absolute Gasteiger partial charge is 0.337 e. The zero-order valence-corrected chi connectivity index (χ0v) is 20.5. The van der Waals surface area contributed by atoms with Gasteiger partial charge < -0.3 is 9.80 Å². The van der Waals surface area contributed by atoms with Crippen LogP contribution < -0.4 is 10.5 Å². The number of carbonyl (C=O) groups excluding carboxylic acids is 1. The minimum atomic E-state index is -0.0320. The van der Waals surface area contributed by atoms with Crippen LogP contribution in [-0.4, -0.2) is 56.5 Å². The first kappa shape index (κ1) is 23.0. The maximum atomic E-state index is 13.0. The van der Waals surface area contributed by atoms with Crippen molar-refractivity contribution in [2.45, 2.75) is 17.8 Å². The molecule has 1 aliphatic rings. The fourth-order valence-corrected chi connectivity index (χ4v) is 5.15. The van der Waals surface area contributed by atoms with E-state index < -0.39 is 0 Å². The van der Waals surface area contributed by atoms with E-state index in [1.165, 1.54) is 11.8 Å². The van der Waals surface area contributed by atoms with Crippen LogP contribution in [0.2, 0.25) is 0 Å². The molecule has 8 nitrogen and oxygen atoms in total. The number of anilines is 1. The summed E-state index contributed by atoms with van der Waals surface area (Å²) >= 11 is 1.51. The summed E-state index contributed by atoms with van der Waals surface area (Å²) in [6.07, 6.45) is 3.46. The second kappa shape index (κ2) is 9.87. The van der Waals surface area contributed by atoms with Crippen LogP contribution in [0.1, 0.15) is 21.5 Å². The van der Waals surface area contributed by atoms with E-state index in [9.17, 15) is 9.59 Å². The van der Waals surface area contributed by atoms with E-state index in [1.54, 1.807) is 30.1 Å². The lowest BCUT2D eigenvalue weighted by Crippen LogP contribution is -2.49. The molecule has 0 bridgehead atoms. The van der Waals surface area contributed by atoms with Crippen LogP contribution in [0, 0.1) is 6.92 Å². The number of rotatable bonds is 5. The second-order valence-electron chi connectivity index (χ2n) is 8.54. The predicted octanol–water partition coefficient (Wildman–Crippen LogP) is 3.29. The van der Waals surface area contributed by atoms with Crippen molar-refractivity contribution in [2.24, 2.45) is 7.05 Å². The molecule has 0 atom stereocenters. The van der Waals surface area contributed by atoms with Crippen LogP contribution in [0.3, 0.4) is 0 Å². The summed E-state index contributed by atoms with van der Waals surface area (Å²) in [6, 6.07) is 15.2. The summed E-state index contributed by atoms with van der Waals surface area (Å²) < 4.78 is 1.61. The Morgan fingerprint density at radius 1 is 0.971 bits per heavy atom. The first-order valence-corrected chi connectivity index (χ1v) is 12.5. The summed E-state index contributed by atoms with van der Waals surface area (Å²) in [5.74, 6) is 1.39. The molecule has 2 aromatic carbocycles. The number of hydrogen-bond acceptors (Lipinski definition) is 7. The molecule has 3 heterocycles. The molecule has 0 spiro atoms. The van der Waals surface area contributed by atoms with Crippen LogP contribution in [0.15, 0.2) is 70.9 Å². The van der Waals surface area contributed by atoms with Crippen molar-refractivity contribution in [3.05, 3.63) is 88.0 Å². The molecule has 0 radical (unpaired) electrons. The smallest absolute Gasteiger partial charge is 0.262 e. The normalized spacial score (nSPS) is 13.9. The van der Waals surface area contributed by atoms with Crippen LogP contribution in [0.5, 0.6) is 0 Å². The van der Waals surface area contributed by atoms with Gasteiger partial charge in [0.05, 0.1) is 10.9 Å². The Hall–Kier alpha value is -3.72. The Bertz CT molecular complexity index is 1410. The van der Waals surface area contributed by atoms with Crippen molar-refractivity contribution >= 4 is 34.5 Å². The number of thioether (sulfide) groups is 1. The lowest BCUT2D eigenvalue weighted by atomic mass is 10.1. The third kappa shape index (κ3) is 4.77. The van der Waals surface area contributed by atoms with E-state index in [1.807, 2.05) is 54.3 Å². The summed E-state index contributed by atoms with van der Waals surface area (Å²) in [4.78, 5) is 43.1. The summed E-state index contributed by atoms with van der Waals surface area (Å²) in [7, 11) is 1.76. The van der Waals surface area contributed by atoms with Crippen molar-refractivity contribution in [2.75, 3.05) is 31.1 Å². The Balaban J connectivity index is 1.22. The van der Waals surface area contributed by atoms with Crippen molar-refractivity contribution < 1.29 is 4.79 Å². The molecule has 0 aliphatic carbocycles. The number of nitrogens with zero attached hydrogens (tertiary/aromatic N) is 6. The SMILES string of the molecule is Cc1cccc2nc(SCc3ccc(C(=O)N4CCN(c5ncccn5)CC4)cc3)n(C)c(=O)c12. The third-order valence-electron chi connectivity index (χ3n) is 6.24. The Kier molecular flexibility index (Phi) is 6.50. The van der Waals surface area contributed by atoms with E-state index in [4.69, 9.17) is 4.98 Å². The molecule has 9 heteroatoms.